The van der Waals surface area contributed by atoms with Crippen molar-refractivity contribution in [2.75, 3.05) is 11.9 Å². The van der Waals surface area contributed by atoms with Crippen LogP contribution in [0.15, 0.2) is 46.9 Å². The molecule has 0 radical (unpaired) electrons. The number of aryl methyl sites for hydroxylation is 1. The summed E-state index contributed by atoms with van der Waals surface area (Å²) in [6, 6.07) is 12.1. The van der Waals surface area contributed by atoms with Crippen molar-refractivity contribution in [3.8, 4) is 0 Å². The molecule has 0 bridgehead atoms. The van der Waals surface area contributed by atoms with Gasteiger partial charge in [0.25, 0.3) is 0 Å². The summed E-state index contributed by atoms with van der Waals surface area (Å²) in [7, 11) is 0. The Morgan fingerprint density at radius 2 is 1.91 bits per heavy atom. The number of carbonyl (C=O) groups is 1. The lowest BCUT2D eigenvalue weighted by Gasteiger charge is -2.17. The number of benzene rings is 2. The molecule has 2 amide bonds. The molecule has 2 aromatic carbocycles. The normalized spacial score (nSPS) is 15.1. The highest BCUT2D eigenvalue weighted by molar-refractivity contribution is 9.10. The molecule has 3 nitrogen and oxygen atoms in total. The van der Waals surface area contributed by atoms with Crippen molar-refractivity contribution in [1.29, 1.82) is 0 Å². The van der Waals surface area contributed by atoms with Crippen LogP contribution in [0.2, 0.25) is 0 Å². The second kappa shape index (κ2) is 6.32. The third kappa shape index (κ3) is 3.72. The molecule has 0 spiro atoms. The average Bonchev–Trinajstić information content (AvgIpc) is 3.30. The van der Waals surface area contributed by atoms with E-state index in [-0.39, 0.29) is 17.3 Å². The third-order valence-electron chi connectivity index (χ3n) is 4.33. The van der Waals surface area contributed by atoms with Gasteiger partial charge in [0.05, 0.1) is 0 Å². The molecular weight excluding hydrogens is 359 g/mol. The van der Waals surface area contributed by atoms with Gasteiger partial charge in [0.1, 0.15) is 5.82 Å². The summed E-state index contributed by atoms with van der Waals surface area (Å²) in [6.07, 6.45) is 2.02. The van der Waals surface area contributed by atoms with Crippen LogP contribution in [0.4, 0.5) is 14.9 Å². The summed E-state index contributed by atoms with van der Waals surface area (Å²) in [5.41, 5.74) is 2.82. The Morgan fingerprint density at radius 3 is 2.52 bits per heavy atom. The van der Waals surface area contributed by atoms with E-state index in [9.17, 15) is 9.18 Å². The van der Waals surface area contributed by atoms with Gasteiger partial charge in [-0.3, -0.25) is 0 Å². The van der Waals surface area contributed by atoms with Gasteiger partial charge >= 0.3 is 6.03 Å². The van der Waals surface area contributed by atoms with Gasteiger partial charge < -0.3 is 10.6 Å². The molecule has 1 aliphatic carbocycles. The number of anilines is 1. The van der Waals surface area contributed by atoms with Gasteiger partial charge in [-0.05, 0) is 61.2 Å². The maximum atomic E-state index is 13.0. The molecule has 1 fully saturated rings. The van der Waals surface area contributed by atoms with Crippen molar-refractivity contribution in [1.82, 2.24) is 5.32 Å². The molecule has 0 aliphatic heterocycles. The van der Waals surface area contributed by atoms with E-state index >= 15 is 0 Å². The van der Waals surface area contributed by atoms with Crippen LogP contribution in [0, 0.1) is 12.7 Å². The Morgan fingerprint density at radius 1 is 1.22 bits per heavy atom. The van der Waals surface area contributed by atoms with Crippen molar-refractivity contribution in [2.45, 2.75) is 25.2 Å². The maximum Gasteiger partial charge on any atom is 0.319 e. The van der Waals surface area contributed by atoms with E-state index in [4.69, 9.17) is 0 Å². The molecule has 3 rings (SSSR count). The first kappa shape index (κ1) is 16.0. The van der Waals surface area contributed by atoms with Gasteiger partial charge in [0.15, 0.2) is 0 Å². The lowest BCUT2D eigenvalue weighted by Crippen LogP contribution is -2.35. The maximum absolute atomic E-state index is 13.0. The summed E-state index contributed by atoms with van der Waals surface area (Å²) < 4.78 is 14.0. The number of hydrogen-bond acceptors (Lipinski definition) is 1. The summed E-state index contributed by atoms with van der Waals surface area (Å²) in [5.74, 6) is -0.235. The van der Waals surface area contributed by atoms with Crippen LogP contribution in [0.5, 0.6) is 0 Å². The molecule has 2 aromatic rings. The van der Waals surface area contributed by atoms with Crippen molar-refractivity contribution < 1.29 is 9.18 Å². The van der Waals surface area contributed by atoms with Crippen LogP contribution in [0.25, 0.3) is 0 Å². The number of urea groups is 1. The minimum absolute atomic E-state index is 0.0419. The first-order valence-electron chi connectivity index (χ1n) is 7.56. The van der Waals surface area contributed by atoms with Crippen molar-refractivity contribution in [3.63, 3.8) is 0 Å². The number of halogens is 2. The van der Waals surface area contributed by atoms with Gasteiger partial charge in [0.2, 0.25) is 0 Å². The van der Waals surface area contributed by atoms with Crippen LogP contribution in [-0.4, -0.2) is 12.6 Å². The third-order valence-corrected chi connectivity index (χ3v) is 4.83. The van der Waals surface area contributed by atoms with E-state index < -0.39 is 0 Å². The largest absolute Gasteiger partial charge is 0.337 e. The molecule has 120 valence electrons. The number of amides is 2. The molecule has 5 heteroatoms. The van der Waals surface area contributed by atoms with E-state index in [1.807, 2.05) is 25.1 Å². The molecule has 0 heterocycles. The highest BCUT2D eigenvalue weighted by Crippen LogP contribution is 2.47. The molecular formula is C18H18BrFN2O. The standard InChI is InChI=1S/C18H18BrFN2O/c1-12-10-14(19)4-7-16(12)22-17(23)21-11-18(8-9-18)13-2-5-15(20)6-3-13/h2-7,10H,8-9,11H2,1H3,(H2,21,22,23). The average molecular weight is 377 g/mol. The SMILES string of the molecule is Cc1cc(Br)ccc1NC(=O)NCC1(c2ccc(F)cc2)CC1. The van der Waals surface area contributed by atoms with Crippen LogP contribution in [-0.2, 0) is 5.41 Å². The highest BCUT2D eigenvalue weighted by Gasteiger charge is 2.44. The van der Waals surface area contributed by atoms with E-state index in [1.54, 1.807) is 12.1 Å². The monoisotopic (exact) mass is 376 g/mol. The predicted octanol–water partition coefficient (Wildman–Crippen LogP) is 4.75. The Kier molecular flexibility index (Phi) is 4.39. The number of rotatable bonds is 4. The smallest absolute Gasteiger partial charge is 0.319 e. The Labute approximate surface area is 143 Å². The number of carbonyl (C=O) groups excluding carboxylic acids is 1. The number of nitrogens with one attached hydrogen (secondary N) is 2. The quantitative estimate of drug-likeness (QED) is 0.793. The van der Waals surface area contributed by atoms with Crippen LogP contribution in [0.1, 0.15) is 24.0 Å². The van der Waals surface area contributed by atoms with Gasteiger partial charge in [-0.15, -0.1) is 0 Å². The first-order valence-corrected chi connectivity index (χ1v) is 8.35. The fraction of sp³-hybridized carbons (Fsp3) is 0.278. The molecule has 2 N–H and O–H groups in total. The molecule has 0 atom stereocenters. The zero-order valence-electron chi connectivity index (χ0n) is 12.8. The highest BCUT2D eigenvalue weighted by atomic mass is 79.9. The van der Waals surface area contributed by atoms with Gasteiger partial charge in [-0.25, -0.2) is 9.18 Å². The Bertz CT molecular complexity index is 726. The molecule has 1 saturated carbocycles. The minimum Gasteiger partial charge on any atom is -0.337 e. The molecule has 1 aliphatic rings. The van der Waals surface area contributed by atoms with E-state index in [0.29, 0.717) is 6.54 Å². The molecule has 0 saturated heterocycles. The predicted molar refractivity (Wildman–Crippen MR) is 93.2 cm³/mol. The Hall–Kier alpha value is -1.88. The van der Waals surface area contributed by atoms with E-state index in [0.717, 1.165) is 34.1 Å². The Balaban J connectivity index is 1.59. The molecule has 0 unspecified atom stereocenters. The minimum atomic E-state index is -0.235. The van der Waals surface area contributed by atoms with E-state index in [1.165, 1.54) is 12.1 Å². The second-order valence-corrected chi connectivity index (χ2v) is 6.97. The first-order chi connectivity index (χ1) is 11.0. The summed E-state index contributed by atoms with van der Waals surface area (Å²) in [5, 5.41) is 5.80. The zero-order valence-corrected chi connectivity index (χ0v) is 14.4. The zero-order chi connectivity index (χ0) is 16.4. The van der Waals surface area contributed by atoms with Gasteiger partial charge in [0, 0.05) is 22.1 Å². The lowest BCUT2D eigenvalue weighted by molar-refractivity contribution is 0.251. The van der Waals surface area contributed by atoms with Crippen molar-refractivity contribution in [3.05, 3.63) is 63.9 Å². The van der Waals surface area contributed by atoms with Crippen molar-refractivity contribution >= 4 is 27.6 Å². The van der Waals surface area contributed by atoms with Crippen LogP contribution >= 0.6 is 15.9 Å². The second-order valence-electron chi connectivity index (χ2n) is 6.05. The van der Waals surface area contributed by atoms with Gasteiger partial charge in [-0.2, -0.15) is 0 Å². The fourth-order valence-corrected chi connectivity index (χ4v) is 3.18. The van der Waals surface area contributed by atoms with Crippen LogP contribution < -0.4 is 10.6 Å². The topological polar surface area (TPSA) is 41.1 Å². The summed E-state index contributed by atoms with van der Waals surface area (Å²) >= 11 is 3.40. The lowest BCUT2D eigenvalue weighted by atomic mass is 9.96. The number of hydrogen-bond donors (Lipinski definition) is 2. The molecule has 23 heavy (non-hydrogen) atoms. The van der Waals surface area contributed by atoms with Gasteiger partial charge in [-0.1, -0.05) is 28.1 Å². The molecule has 0 aromatic heterocycles. The van der Waals surface area contributed by atoms with E-state index in [2.05, 4.69) is 26.6 Å². The summed E-state index contributed by atoms with van der Waals surface area (Å²) in [4.78, 5) is 12.1. The summed E-state index contributed by atoms with van der Waals surface area (Å²) in [6.45, 7) is 2.50. The fourth-order valence-electron chi connectivity index (χ4n) is 2.71. The van der Waals surface area contributed by atoms with Crippen LogP contribution in [0.3, 0.4) is 0 Å². The van der Waals surface area contributed by atoms with Crippen molar-refractivity contribution in [2.24, 2.45) is 0 Å².